The summed E-state index contributed by atoms with van der Waals surface area (Å²) in [4.78, 5) is 32.6. The Hall–Kier alpha value is -3.91. The lowest BCUT2D eigenvalue weighted by Crippen LogP contribution is -2.40. The van der Waals surface area contributed by atoms with Crippen molar-refractivity contribution in [2.45, 2.75) is 39.5 Å². The van der Waals surface area contributed by atoms with Crippen molar-refractivity contribution >= 4 is 28.9 Å². The summed E-state index contributed by atoms with van der Waals surface area (Å²) >= 11 is 0. The molecule has 0 bridgehead atoms. The summed E-state index contributed by atoms with van der Waals surface area (Å²) in [5, 5.41) is 0. The Balaban J connectivity index is 1.48. The largest absolute Gasteiger partial charge is 0.462 e. The van der Waals surface area contributed by atoms with Gasteiger partial charge in [0.05, 0.1) is 19.8 Å². The number of aromatic nitrogens is 1. The van der Waals surface area contributed by atoms with Gasteiger partial charge in [-0.2, -0.15) is 0 Å². The molecule has 1 amide bonds. The minimum Gasteiger partial charge on any atom is -0.462 e. The Morgan fingerprint density at radius 2 is 1.69 bits per heavy atom. The van der Waals surface area contributed by atoms with E-state index in [-0.39, 0.29) is 36.4 Å². The van der Waals surface area contributed by atoms with Gasteiger partial charge < -0.3 is 18.3 Å². The number of carbonyl (C=O) groups is 2. The van der Waals surface area contributed by atoms with Gasteiger partial charge in [-0.25, -0.2) is 4.79 Å². The maximum atomic E-state index is 13.7. The van der Waals surface area contributed by atoms with E-state index in [1.165, 1.54) is 0 Å². The van der Waals surface area contributed by atoms with E-state index in [1.54, 1.807) is 31.2 Å². The van der Waals surface area contributed by atoms with Crippen LogP contribution in [0.15, 0.2) is 63.6 Å². The molecule has 0 aliphatic heterocycles. The van der Waals surface area contributed by atoms with Crippen LogP contribution < -0.4 is 4.90 Å². The quantitative estimate of drug-likeness (QED) is 0.221. The highest BCUT2D eigenvalue weighted by Gasteiger charge is 2.33. The average molecular weight is 531 g/mol. The fourth-order valence-electron chi connectivity index (χ4n) is 5.11. The number of amides is 1. The van der Waals surface area contributed by atoms with Crippen molar-refractivity contribution in [3.63, 3.8) is 0 Å². The van der Waals surface area contributed by atoms with Crippen molar-refractivity contribution in [3.8, 4) is 22.6 Å². The van der Waals surface area contributed by atoms with E-state index in [9.17, 15) is 9.59 Å². The first-order valence-electron chi connectivity index (χ1n) is 13.5. The molecule has 0 atom stereocenters. The zero-order valence-corrected chi connectivity index (χ0v) is 22.6. The molecule has 1 saturated carbocycles. The van der Waals surface area contributed by atoms with E-state index in [2.05, 4.69) is 11.9 Å². The Kier molecular flexibility index (Phi) is 8.12. The van der Waals surface area contributed by atoms with Crippen LogP contribution >= 0.6 is 0 Å². The first-order valence-corrected chi connectivity index (χ1v) is 13.5. The fraction of sp³-hybridized carbons (Fsp3) is 0.387. The number of hydrogen-bond donors (Lipinski definition) is 0. The number of furan rings is 2. The fourth-order valence-corrected chi connectivity index (χ4v) is 5.11. The van der Waals surface area contributed by atoms with Crippen molar-refractivity contribution in [1.29, 1.82) is 0 Å². The van der Waals surface area contributed by atoms with Crippen LogP contribution in [0, 0.1) is 11.8 Å². The van der Waals surface area contributed by atoms with Crippen molar-refractivity contribution in [3.05, 3.63) is 60.3 Å². The van der Waals surface area contributed by atoms with Gasteiger partial charge in [0.25, 0.3) is 0 Å². The van der Waals surface area contributed by atoms with Crippen molar-refractivity contribution < 1.29 is 27.9 Å². The number of benzene rings is 1. The van der Waals surface area contributed by atoms with E-state index in [0.717, 1.165) is 47.9 Å². The molecule has 3 aromatic heterocycles. The minimum absolute atomic E-state index is 0.0424. The SMILES string of the molecule is CCOC(=O)c1cc(-c2ccc(-c3cc4ncccc4o3)cc2)oc1N(CCOC)C(=O)C1CCC(C)CC1. The second kappa shape index (κ2) is 11.9. The zero-order chi connectivity index (χ0) is 27.4. The summed E-state index contributed by atoms with van der Waals surface area (Å²) in [6, 6.07) is 14.9. The van der Waals surface area contributed by atoms with Gasteiger partial charge in [-0.15, -0.1) is 0 Å². The number of esters is 1. The maximum Gasteiger partial charge on any atom is 0.343 e. The normalized spacial score (nSPS) is 17.3. The van der Waals surface area contributed by atoms with Crippen molar-refractivity contribution in [1.82, 2.24) is 4.98 Å². The van der Waals surface area contributed by atoms with Gasteiger partial charge >= 0.3 is 5.97 Å². The van der Waals surface area contributed by atoms with E-state index in [1.807, 2.05) is 42.5 Å². The standard InChI is InChI=1S/C31H34N2O6/c1-4-37-31(35)24-18-27(21-11-13-22(14-12-21)28-19-25-26(38-28)6-5-15-32-25)39-30(24)33(16-17-36-3)29(34)23-9-7-20(2)8-10-23/h5-6,11-15,18-20,23H,4,7-10,16-17H2,1-3H3. The molecule has 0 radical (unpaired) electrons. The number of hydrogen-bond acceptors (Lipinski definition) is 7. The Bertz CT molecular complexity index is 1400. The third kappa shape index (κ3) is 5.76. The van der Waals surface area contributed by atoms with E-state index >= 15 is 0 Å². The predicted molar refractivity (Wildman–Crippen MR) is 148 cm³/mol. The van der Waals surface area contributed by atoms with Crippen LogP contribution in [0.1, 0.15) is 49.9 Å². The van der Waals surface area contributed by atoms with Gasteiger partial charge in [0.1, 0.15) is 22.6 Å². The molecule has 5 rings (SSSR count). The minimum atomic E-state index is -0.527. The van der Waals surface area contributed by atoms with Crippen molar-refractivity contribution in [2.75, 3.05) is 31.8 Å². The third-order valence-electron chi connectivity index (χ3n) is 7.34. The molecule has 4 aromatic rings. The Labute approximate surface area is 227 Å². The van der Waals surface area contributed by atoms with Gasteiger partial charge in [-0.1, -0.05) is 31.2 Å². The number of nitrogens with zero attached hydrogens (tertiary/aromatic N) is 2. The van der Waals surface area contributed by atoms with Gasteiger partial charge in [0.15, 0.2) is 5.58 Å². The summed E-state index contributed by atoms with van der Waals surface area (Å²) in [7, 11) is 1.59. The van der Waals surface area contributed by atoms with Crippen LogP contribution in [0.5, 0.6) is 0 Å². The molecule has 1 aliphatic rings. The zero-order valence-electron chi connectivity index (χ0n) is 22.6. The molecule has 1 aromatic carbocycles. The average Bonchev–Trinajstić information content (AvgIpc) is 3.59. The molecule has 0 spiro atoms. The number of methoxy groups -OCH3 is 1. The number of pyridine rings is 1. The second-order valence-electron chi connectivity index (χ2n) is 10.1. The lowest BCUT2D eigenvalue weighted by molar-refractivity contribution is -0.123. The topological polar surface area (TPSA) is 95.0 Å². The summed E-state index contributed by atoms with van der Waals surface area (Å²) in [5.74, 6) is 1.32. The number of fused-ring (bicyclic) bond motifs is 1. The lowest BCUT2D eigenvalue weighted by Gasteiger charge is -2.30. The highest BCUT2D eigenvalue weighted by molar-refractivity contribution is 6.02. The highest BCUT2D eigenvalue weighted by Crippen LogP contribution is 2.37. The molecule has 1 fully saturated rings. The molecule has 0 saturated heterocycles. The first-order chi connectivity index (χ1) is 19.0. The van der Waals surface area contributed by atoms with Gasteiger partial charge in [0.2, 0.25) is 11.8 Å². The van der Waals surface area contributed by atoms with E-state index < -0.39 is 5.97 Å². The van der Waals surface area contributed by atoms with Gasteiger partial charge in [-0.3, -0.25) is 14.7 Å². The maximum absolute atomic E-state index is 13.7. The molecule has 1 aliphatic carbocycles. The van der Waals surface area contributed by atoms with Gasteiger partial charge in [0, 0.05) is 42.5 Å². The first kappa shape index (κ1) is 26.7. The summed E-state index contributed by atoms with van der Waals surface area (Å²) < 4.78 is 22.8. The molecule has 0 unspecified atom stereocenters. The number of ether oxygens (including phenoxy) is 2. The Morgan fingerprint density at radius 3 is 2.33 bits per heavy atom. The van der Waals surface area contributed by atoms with Crippen LogP contribution in [-0.4, -0.2) is 43.7 Å². The van der Waals surface area contributed by atoms with Crippen LogP contribution in [0.3, 0.4) is 0 Å². The number of anilines is 1. The highest BCUT2D eigenvalue weighted by atomic mass is 16.5. The van der Waals surface area contributed by atoms with Crippen molar-refractivity contribution in [2.24, 2.45) is 11.8 Å². The Morgan fingerprint density at radius 1 is 1.00 bits per heavy atom. The molecule has 8 nitrogen and oxygen atoms in total. The van der Waals surface area contributed by atoms with Crippen LogP contribution in [0.25, 0.3) is 33.7 Å². The number of rotatable bonds is 9. The molecular formula is C31H34N2O6. The summed E-state index contributed by atoms with van der Waals surface area (Å²) in [6.45, 7) is 4.78. The lowest BCUT2D eigenvalue weighted by atomic mass is 9.82. The molecule has 3 heterocycles. The van der Waals surface area contributed by atoms with Crippen LogP contribution in [0.2, 0.25) is 0 Å². The smallest absolute Gasteiger partial charge is 0.343 e. The summed E-state index contributed by atoms with van der Waals surface area (Å²) in [6.07, 6.45) is 5.40. The van der Waals surface area contributed by atoms with Crippen LogP contribution in [0.4, 0.5) is 5.88 Å². The molecular weight excluding hydrogens is 496 g/mol. The van der Waals surface area contributed by atoms with Crippen LogP contribution in [-0.2, 0) is 14.3 Å². The predicted octanol–water partition coefficient (Wildman–Crippen LogP) is 6.74. The van der Waals surface area contributed by atoms with E-state index in [4.69, 9.17) is 18.3 Å². The third-order valence-corrected chi connectivity index (χ3v) is 7.34. The second-order valence-corrected chi connectivity index (χ2v) is 10.1. The van der Waals surface area contributed by atoms with Gasteiger partial charge in [-0.05, 0) is 50.7 Å². The molecule has 0 N–H and O–H groups in total. The molecule has 204 valence electrons. The molecule has 39 heavy (non-hydrogen) atoms. The van der Waals surface area contributed by atoms with E-state index in [0.29, 0.717) is 24.0 Å². The summed E-state index contributed by atoms with van der Waals surface area (Å²) in [5.41, 5.74) is 3.39. The molecule has 8 heteroatoms. The monoisotopic (exact) mass is 530 g/mol. The number of carbonyl (C=O) groups excluding carboxylic acids is 2.